The summed E-state index contributed by atoms with van der Waals surface area (Å²) in [5, 5.41) is 2.81. The van der Waals surface area contributed by atoms with Crippen LogP contribution in [0.3, 0.4) is 0 Å². The predicted molar refractivity (Wildman–Crippen MR) is 65.1 cm³/mol. The van der Waals surface area contributed by atoms with Crippen molar-refractivity contribution in [2.75, 3.05) is 32.2 Å². The quantitative estimate of drug-likeness (QED) is 0.574. The Kier molecular flexibility index (Phi) is 10.1. The number of ether oxygens (including phenoxy) is 1. The number of nitrogens with one attached hydrogen (secondary N) is 1. The van der Waals surface area contributed by atoms with Crippen molar-refractivity contribution in [3.05, 3.63) is 0 Å². The molecule has 0 aromatic rings. The van der Waals surface area contributed by atoms with E-state index in [1.54, 1.807) is 0 Å². The molecular weight excluding hydrogens is 212 g/mol. The number of carbonyl (C=O) groups excluding carboxylic acids is 1. The second-order valence-corrected chi connectivity index (χ2v) is 4.29. The Labute approximate surface area is 96.3 Å². The Balaban J connectivity index is 3.38. The highest BCUT2D eigenvalue weighted by Gasteiger charge is 2.14. The molecule has 0 saturated heterocycles. The summed E-state index contributed by atoms with van der Waals surface area (Å²) in [5.74, 6) is 1.09. The van der Waals surface area contributed by atoms with Gasteiger partial charge in [0.25, 0.3) is 0 Å². The molecule has 15 heavy (non-hydrogen) atoms. The summed E-state index contributed by atoms with van der Waals surface area (Å²) in [6, 6.07) is 0. The first kappa shape index (κ1) is 14.7. The van der Waals surface area contributed by atoms with Crippen molar-refractivity contribution >= 4 is 17.7 Å². The summed E-state index contributed by atoms with van der Waals surface area (Å²) >= 11 is 1.85. The van der Waals surface area contributed by atoms with Crippen molar-refractivity contribution in [2.45, 2.75) is 25.4 Å². The Hall–Kier alpha value is -0.260. The average Bonchev–Trinajstić information content (AvgIpc) is 2.25. The van der Waals surface area contributed by atoms with Crippen LogP contribution in [0.15, 0.2) is 0 Å². The minimum Gasteiger partial charge on any atom is -0.370 e. The zero-order valence-electron chi connectivity index (χ0n) is 9.62. The van der Waals surface area contributed by atoms with Gasteiger partial charge in [-0.05, 0) is 24.9 Å². The van der Waals surface area contributed by atoms with E-state index in [9.17, 15) is 4.79 Å². The number of carbonyl (C=O) groups is 1. The zero-order valence-corrected chi connectivity index (χ0v) is 10.4. The molecule has 0 aliphatic heterocycles. The number of thioether (sulfide) groups is 1. The number of rotatable bonds is 9. The lowest BCUT2D eigenvalue weighted by Gasteiger charge is -2.12. The molecule has 1 unspecified atom stereocenters. The van der Waals surface area contributed by atoms with Crippen molar-refractivity contribution in [3.8, 4) is 0 Å². The van der Waals surface area contributed by atoms with Gasteiger partial charge in [-0.3, -0.25) is 4.79 Å². The van der Waals surface area contributed by atoms with Crippen LogP contribution in [-0.4, -0.2) is 44.2 Å². The molecule has 90 valence electrons. The molecule has 0 spiro atoms. The zero-order chi connectivity index (χ0) is 11.5. The van der Waals surface area contributed by atoms with Crippen LogP contribution in [0.4, 0.5) is 0 Å². The number of methoxy groups -OCH3 is 1. The van der Waals surface area contributed by atoms with Gasteiger partial charge in [0.05, 0.1) is 0 Å². The summed E-state index contributed by atoms with van der Waals surface area (Å²) in [5.41, 5.74) is 5.37. The molecule has 0 aromatic heterocycles. The van der Waals surface area contributed by atoms with Gasteiger partial charge in [0.1, 0.15) is 6.10 Å². The van der Waals surface area contributed by atoms with Crippen molar-refractivity contribution in [1.29, 1.82) is 0 Å². The van der Waals surface area contributed by atoms with Gasteiger partial charge in [-0.1, -0.05) is 6.42 Å². The molecule has 0 aromatic carbocycles. The molecule has 0 aliphatic carbocycles. The first-order chi connectivity index (χ1) is 7.26. The standard InChI is InChI=1S/C10H22N2O2S/c1-14-9(8-11)10(13)12-6-4-3-5-7-15-2/h9H,3-8,11H2,1-2H3,(H,12,13). The molecule has 0 aliphatic rings. The van der Waals surface area contributed by atoms with E-state index in [2.05, 4.69) is 11.6 Å². The van der Waals surface area contributed by atoms with Gasteiger partial charge in [-0.25, -0.2) is 0 Å². The van der Waals surface area contributed by atoms with Crippen LogP contribution in [0.2, 0.25) is 0 Å². The summed E-state index contributed by atoms with van der Waals surface area (Å²) < 4.78 is 4.92. The first-order valence-corrected chi connectivity index (χ1v) is 6.65. The Morgan fingerprint density at radius 3 is 2.73 bits per heavy atom. The van der Waals surface area contributed by atoms with Gasteiger partial charge in [-0.15, -0.1) is 0 Å². The average molecular weight is 234 g/mol. The van der Waals surface area contributed by atoms with Gasteiger partial charge in [0, 0.05) is 20.2 Å². The molecule has 0 saturated carbocycles. The van der Waals surface area contributed by atoms with Crippen LogP contribution >= 0.6 is 11.8 Å². The Morgan fingerprint density at radius 1 is 1.47 bits per heavy atom. The van der Waals surface area contributed by atoms with Crippen LogP contribution in [0, 0.1) is 0 Å². The van der Waals surface area contributed by atoms with Gasteiger partial charge in [0.2, 0.25) is 5.91 Å². The molecule has 3 N–H and O–H groups in total. The summed E-state index contributed by atoms with van der Waals surface area (Å²) in [6.07, 6.45) is 4.99. The fraction of sp³-hybridized carbons (Fsp3) is 0.900. The highest BCUT2D eigenvalue weighted by molar-refractivity contribution is 7.98. The molecule has 5 heteroatoms. The van der Waals surface area contributed by atoms with Crippen molar-refractivity contribution in [3.63, 3.8) is 0 Å². The molecule has 0 bridgehead atoms. The normalized spacial score (nSPS) is 12.5. The summed E-state index contributed by atoms with van der Waals surface area (Å²) in [6.45, 7) is 0.946. The topological polar surface area (TPSA) is 64.3 Å². The van der Waals surface area contributed by atoms with E-state index in [4.69, 9.17) is 10.5 Å². The SMILES string of the molecule is COC(CN)C(=O)NCCCCCSC. The monoisotopic (exact) mass is 234 g/mol. The van der Waals surface area contributed by atoms with Gasteiger partial charge in [-0.2, -0.15) is 11.8 Å². The summed E-state index contributed by atoms with van der Waals surface area (Å²) in [4.78, 5) is 11.4. The maximum Gasteiger partial charge on any atom is 0.250 e. The molecule has 0 heterocycles. The van der Waals surface area contributed by atoms with Crippen molar-refractivity contribution in [2.24, 2.45) is 5.73 Å². The maximum absolute atomic E-state index is 11.4. The van der Waals surface area contributed by atoms with E-state index in [1.807, 2.05) is 11.8 Å². The first-order valence-electron chi connectivity index (χ1n) is 5.25. The minimum atomic E-state index is -0.504. The molecule has 0 fully saturated rings. The predicted octanol–water partition coefficient (Wildman–Crippen LogP) is 0.610. The smallest absolute Gasteiger partial charge is 0.250 e. The number of hydrogen-bond donors (Lipinski definition) is 2. The number of amides is 1. The largest absolute Gasteiger partial charge is 0.370 e. The number of unbranched alkanes of at least 4 members (excludes halogenated alkanes) is 2. The number of nitrogens with two attached hydrogens (primary N) is 1. The third-order valence-corrected chi connectivity index (χ3v) is 2.81. The molecule has 0 radical (unpaired) electrons. The van der Waals surface area contributed by atoms with Crippen molar-refractivity contribution in [1.82, 2.24) is 5.32 Å². The van der Waals surface area contributed by atoms with E-state index in [-0.39, 0.29) is 12.5 Å². The lowest BCUT2D eigenvalue weighted by molar-refractivity contribution is -0.130. The van der Waals surface area contributed by atoms with Crippen LogP contribution < -0.4 is 11.1 Å². The molecule has 4 nitrogen and oxygen atoms in total. The number of hydrogen-bond acceptors (Lipinski definition) is 4. The van der Waals surface area contributed by atoms with E-state index < -0.39 is 6.10 Å². The van der Waals surface area contributed by atoms with E-state index in [0.29, 0.717) is 6.54 Å². The van der Waals surface area contributed by atoms with Crippen LogP contribution in [0.25, 0.3) is 0 Å². The maximum atomic E-state index is 11.4. The molecule has 1 amide bonds. The molecule has 1 atom stereocenters. The Morgan fingerprint density at radius 2 is 2.20 bits per heavy atom. The fourth-order valence-corrected chi connectivity index (χ4v) is 1.68. The molecule has 0 rings (SSSR count). The lowest BCUT2D eigenvalue weighted by atomic mass is 10.2. The second-order valence-electron chi connectivity index (χ2n) is 3.30. The highest BCUT2D eigenvalue weighted by atomic mass is 32.2. The molecular formula is C10H22N2O2S. The Bertz CT molecular complexity index is 164. The van der Waals surface area contributed by atoms with E-state index in [1.165, 1.54) is 19.3 Å². The fourth-order valence-electron chi connectivity index (χ4n) is 1.18. The van der Waals surface area contributed by atoms with E-state index >= 15 is 0 Å². The van der Waals surface area contributed by atoms with Crippen molar-refractivity contribution < 1.29 is 9.53 Å². The lowest BCUT2D eigenvalue weighted by Crippen LogP contribution is -2.40. The van der Waals surface area contributed by atoms with Gasteiger partial charge < -0.3 is 15.8 Å². The van der Waals surface area contributed by atoms with Gasteiger partial charge >= 0.3 is 0 Å². The third-order valence-electron chi connectivity index (χ3n) is 2.12. The minimum absolute atomic E-state index is 0.107. The summed E-state index contributed by atoms with van der Waals surface area (Å²) in [7, 11) is 1.50. The van der Waals surface area contributed by atoms with Crippen LogP contribution in [0.5, 0.6) is 0 Å². The third kappa shape index (κ3) is 7.64. The van der Waals surface area contributed by atoms with Crippen LogP contribution in [-0.2, 0) is 9.53 Å². The van der Waals surface area contributed by atoms with E-state index in [0.717, 1.165) is 12.8 Å². The van der Waals surface area contributed by atoms with Gasteiger partial charge in [0.15, 0.2) is 0 Å². The second kappa shape index (κ2) is 10.3. The van der Waals surface area contributed by atoms with Crippen LogP contribution in [0.1, 0.15) is 19.3 Å². The highest BCUT2D eigenvalue weighted by Crippen LogP contribution is 2.01.